The Kier molecular flexibility index (Phi) is 14.0. The minimum absolute atomic E-state index is 0.0436. The van der Waals surface area contributed by atoms with Crippen molar-refractivity contribution < 1.29 is 27.0 Å². The highest BCUT2D eigenvalue weighted by Crippen LogP contribution is 2.14. The number of quaternary nitrogens is 1. The highest BCUT2D eigenvalue weighted by Gasteiger charge is 2.18. The van der Waals surface area contributed by atoms with Gasteiger partial charge in [0.05, 0.1) is 45.5 Å². The molecule has 162 valence electrons. The van der Waals surface area contributed by atoms with Crippen LogP contribution in [0.15, 0.2) is 0 Å². The van der Waals surface area contributed by atoms with Gasteiger partial charge in [-0.1, -0.05) is 58.8 Å². The minimum atomic E-state index is -3.89. The van der Waals surface area contributed by atoms with Gasteiger partial charge in [-0.3, -0.25) is 9.35 Å². The van der Waals surface area contributed by atoms with Gasteiger partial charge in [0.25, 0.3) is 10.1 Å². The Morgan fingerprint density at radius 2 is 1.52 bits per heavy atom. The summed E-state index contributed by atoms with van der Waals surface area (Å²) in [5, 5.41) is 0. The number of hydrogen-bond donors (Lipinski definition) is 1. The summed E-state index contributed by atoms with van der Waals surface area (Å²) in [6.45, 7) is 6.01. The quantitative estimate of drug-likeness (QED) is 0.170. The molecule has 1 atom stereocenters. The number of esters is 1. The van der Waals surface area contributed by atoms with Crippen molar-refractivity contribution in [1.82, 2.24) is 0 Å². The number of carbonyl (C=O) groups excluding carboxylic acids is 1. The van der Waals surface area contributed by atoms with Crippen LogP contribution >= 0.6 is 0 Å². The molecule has 0 radical (unpaired) electrons. The topological polar surface area (TPSA) is 80.7 Å². The van der Waals surface area contributed by atoms with Gasteiger partial charge >= 0.3 is 5.97 Å². The van der Waals surface area contributed by atoms with Gasteiger partial charge < -0.3 is 9.22 Å². The van der Waals surface area contributed by atoms with Crippen LogP contribution in [0.2, 0.25) is 0 Å². The van der Waals surface area contributed by atoms with E-state index < -0.39 is 10.1 Å². The first-order valence-electron chi connectivity index (χ1n) is 10.5. The molecule has 0 aliphatic rings. The maximum absolute atomic E-state index is 12.0. The van der Waals surface area contributed by atoms with Crippen LogP contribution in [-0.4, -0.2) is 63.0 Å². The molecular weight excluding hydrogens is 366 g/mol. The summed E-state index contributed by atoms with van der Waals surface area (Å²) in [4.78, 5) is 12.0. The molecule has 0 rings (SSSR count). The first-order valence-corrected chi connectivity index (χ1v) is 12.1. The molecule has 7 heteroatoms. The van der Waals surface area contributed by atoms with E-state index in [1.165, 1.54) is 38.5 Å². The third-order valence-corrected chi connectivity index (χ3v) is 5.77. The SMILES string of the molecule is CCCCCCCCCC(C)C(=O)OCCC[N+](C)(C)CCCS(=O)(=O)O. The van der Waals surface area contributed by atoms with Crippen molar-refractivity contribution in [3.05, 3.63) is 0 Å². The molecule has 1 N–H and O–H groups in total. The number of ether oxygens (including phenoxy) is 1. The first kappa shape index (κ1) is 26.3. The molecule has 27 heavy (non-hydrogen) atoms. The van der Waals surface area contributed by atoms with Crippen molar-refractivity contribution in [3.63, 3.8) is 0 Å². The van der Waals surface area contributed by atoms with E-state index in [1.54, 1.807) is 0 Å². The Bertz CT molecular complexity index is 491. The van der Waals surface area contributed by atoms with Gasteiger partial charge in [0.15, 0.2) is 0 Å². The van der Waals surface area contributed by atoms with Gasteiger partial charge in [0, 0.05) is 12.8 Å². The normalized spacial score (nSPS) is 13.5. The zero-order chi connectivity index (χ0) is 20.8. The van der Waals surface area contributed by atoms with Crippen LogP contribution in [0.3, 0.4) is 0 Å². The maximum Gasteiger partial charge on any atom is 0.308 e. The summed E-state index contributed by atoms with van der Waals surface area (Å²) in [7, 11) is 0.130. The first-order chi connectivity index (χ1) is 12.6. The lowest BCUT2D eigenvalue weighted by atomic mass is 10.0. The van der Waals surface area contributed by atoms with Gasteiger partial charge in [-0.2, -0.15) is 8.42 Å². The van der Waals surface area contributed by atoms with Crippen LogP contribution in [0.5, 0.6) is 0 Å². The largest absolute Gasteiger partial charge is 0.465 e. The van der Waals surface area contributed by atoms with Crippen molar-refractivity contribution in [2.24, 2.45) is 5.92 Å². The number of carbonyl (C=O) groups is 1. The maximum atomic E-state index is 12.0. The van der Waals surface area contributed by atoms with Gasteiger partial charge in [-0.25, -0.2) is 0 Å². The summed E-state index contributed by atoms with van der Waals surface area (Å²) in [6.07, 6.45) is 10.8. The number of unbranched alkanes of at least 4 members (excludes halogenated alkanes) is 6. The average molecular weight is 409 g/mol. The van der Waals surface area contributed by atoms with E-state index in [-0.39, 0.29) is 17.6 Å². The molecule has 0 spiro atoms. The fourth-order valence-electron chi connectivity index (χ4n) is 3.12. The predicted octanol–water partition coefficient (Wildman–Crippen LogP) is 4.05. The van der Waals surface area contributed by atoms with Crippen LogP contribution in [0.4, 0.5) is 0 Å². The highest BCUT2D eigenvalue weighted by atomic mass is 32.2. The fourth-order valence-corrected chi connectivity index (χ4v) is 3.61. The van der Waals surface area contributed by atoms with E-state index in [1.807, 2.05) is 21.0 Å². The summed E-state index contributed by atoms with van der Waals surface area (Å²) in [6, 6.07) is 0. The molecule has 0 saturated carbocycles. The van der Waals surface area contributed by atoms with Gasteiger partial charge in [-0.05, 0) is 6.42 Å². The standard InChI is InChI=1S/C20H41NO5S/c1-5-6-7-8-9-10-11-14-19(2)20(22)26-17-12-15-21(3,4)16-13-18-27(23,24)25/h19H,5-18H2,1-4H3/p+1. The van der Waals surface area contributed by atoms with Gasteiger partial charge in [-0.15, -0.1) is 0 Å². The molecule has 0 aromatic heterocycles. The second kappa shape index (κ2) is 14.4. The van der Waals surface area contributed by atoms with E-state index in [0.717, 1.165) is 25.8 Å². The third kappa shape index (κ3) is 17.2. The fraction of sp³-hybridized carbons (Fsp3) is 0.950. The Labute approximate surface area is 167 Å². The second-order valence-corrected chi connectivity index (χ2v) is 9.93. The molecule has 0 aliphatic carbocycles. The van der Waals surface area contributed by atoms with E-state index in [0.29, 0.717) is 24.1 Å². The number of rotatable bonds is 17. The Morgan fingerprint density at radius 1 is 0.963 bits per heavy atom. The lowest BCUT2D eigenvalue weighted by molar-refractivity contribution is -0.890. The molecule has 1 unspecified atom stereocenters. The van der Waals surface area contributed by atoms with Crippen molar-refractivity contribution in [3.8, 4) is 0 Å². The molecule has 0 aliphatic heterocycles. The Hall–Kier alpha value is -0.660. The summed E-state index contributed by atoms with van der Waals surface area (Å²) in [5.74, 6) is -0.365. The average Bonchev–Trinajstić information content (AvgIpc) is 2.56. The van der Waals surface area contributed by atoms with Gasteiger partial charge in [0.1, 0.15) is 0 Å². The number of nitrogens with zero attached hydrogens (tertiary/aromatic N) is 1. The van der Waals surface area contributed by atoms with Crippen LogP contribution < -0.4 is 0 Å². The van der Waals surface area contributed by atoms with E-state index >= 15 is 0 Å². The smallest absolute Gasteiger partial charge is 0.308 e. The van der Waals surface area contributed by atoms with E-state index in [4.69, 9.17) is 9.29 Å². The van der Waals surface area contributed by atoms with Crippen molar-refractivity contribution in [2.45, 2.75) is 78.1 Å². The van der Waals surface area contributed by atoms with E-state index in [2.05, 4.69) is 6.92 Å². The Morgan fingerprint density at radius 3 is 2.11 bits per heavy atom. The zero-order valence-corrected chi connectivity index (χ0v) is 18.7. The minimum Gasteiger partial charge on any atom is -0.465 e. The molecule has 0 heterocycles. The second-order valence-electron chi connectivity index (χ2n) is 8.35. The molecule has 0 bridgehead atoms. The van der Waals surface area contributed by atoms with Gasteiger partial charge in [0.2, 0.25) is 0 Å². The molecule has 0 amide bonds. The van der Waals surface area contributed by atoms with Crippen molar-refractivity contribution in [2.75, 3.05) is 39.5 Å². The van der Waals surface area contributed by atoms with Crippen LogP contribution in [0.25, 0.3) is 0 Å². The Balaban J connectivity index is 3.76. The molecule has 0 aromatic rings. The van der Waals surface area contributed by atoms with Crippen molar-refractivity contribution in [1.29, 1.82) is 0 Å². The van der Waals surface area contributed by atoms with E-state index in [9.17, 15) is 13.2 Å². The summed E-state index contributed by atoms with van der Waals surface area (Å²) < 4.78 is 36.3. The summed E-state index contributed by atoms with van der Waals surface area (Å²) in [5.41, 5.74) is 0. The van der Waals surface area contributed by atoms with Crippen LogP contribution in [0.1, 0.15) is 78.1 Å². The molecule has 0 saturated heterocycles. The molecule has 0 aromatic carbocycles. The lowest BCUT2D eigenvalue weighted by Crippen LogP contribution is -2.42. The number of hydrogen-bond acceptors (Lipinski definition) is 4. The third-order valence-electron chi connectivity index (χ3n) is 4.96. The van der Waals surface area contributed by atoms with Crippen molar-refractivity contribution >= 4 is 16.1 Å². The highest BCUT2D eigenvalue weighted by molar-refractivity contribution is 7.85. The molecular formula is C20H42NO5S+. The predicted molar refractivity (Wildman–Crippen MR) is 110 cm³/mol. The molecule has 0 fully saturated rings. The lowest BCUT2D eigenvalue weighted by Gasteiger charge is -2.29. The van der Waals surface area contributed by atoms with Crippen LogP contribution in [0, 0.1) is 5.92 Å². The summed E-state index contributed by atoms with van der Waals surface area (Å²) >= 11 is 0. The molecule has 6 nitrogen and oxygen atoms in total. The zero-order valence-electron chi connectivity index (χ0n) is 17.9. The van der Waals surface area contributed by atoms with Crippen LogP contribution in [-0.2, 0) is 19.6 Å². The monoisotopic (exact) mass is 408 g/mol.